The second-order valence-corrected chi connectivity index (χ2v) is 6.53. The van der Waals surface area contributed by atoms with E-state index in [0.29, 0.717) is 28.4 Å². The van der Waals surface area contributed by atoms with E-state index in [1.807, 2.05) is 13.8 Å². The van der Waals surface area contributed by atoms with E-state index in [4.69, 9.17) is 26.4 Å². The van der Waals surface area contributed by atoms with Crippen LogP contribution in [-0.2, 0) is 0 Å². The first-order valence-corrected chi connectivity index (χ1v) is 9.15. The minimum atomic E-state index is -0.463. The molecule has 29 heavy (non-hydrogen) atoms. The number of rotatable bonds is 6. The second kappa shape index (κ2) is 10.3. The lowest BCUT2D eigenvalue weighted by Gasteiger charge is -2.13. The third kappa shape index (κ3) is 6.35. The molecule has 0 radical (unpaired) electrons. The number of carbonyl (C=O) groups excluding carboxylic acids is 2. The van der Waals surface area contributed by atoms with Gasteiger partial charge >= 0.3 is 0 Å². The van der Waals surface area contributed by atoms with Crippen molar-refractivity contribution < 1.29 is 23.8 Å². The van der Waals surface area contributed by atoms with Crippen LogP contribution in [0.4, 0.5) is 0 Å². The molecule has 0 bridgehead atoms. The topological polar surface area (TPSA) is 97.9 Å². The minimum absolute atomic E-state index is 0.0113. The Balaban J connectivity index is 1.92. The number of hydrazine groups is 1. The fourth-order valence-corrected chi connectivity index (χ4v) is 2.50. The Labute approximate surface area is 174 Å². The summed E-state index contributed by atoms with van der Waals surface area (Å²) in [6, 6.07) is 11.4. The number of nitrogens with one attached hydrogen (secondary N) is 3. The van der Waals surface area contributed by atoms with Gasteiger partial charge in [-0.1, -0.05) is 6.07 Å². The van der Waals surface area contributed by atoms with Crippen molar-refractivity contribution >= 4 is 29.1 Å². The highest BCUT2D eigenvalue weighted by Gasteiger charge is 2.13. The van der Waals surface area contributed by atoms with E-state index in [-0.39, 0.29) is 11.2 Å². The number of thiocarbonyl (C=S) groups is 1. The first-order chi connectivity index (χ1) is 13.8. The molecule has 0 aliphatic heterocycles. The van der Waals surface area contributed by atoms with Crippen LogP contribution >= 0.6 is 12.2 Å². The van der Waals surface area contributed by atoms with Crippen LogP contribution in [0.2, 0.25) is 0 Å². The van der Waals surface area contributed by atoms with Gasteiger partial charge in [0.25, 0.3) is 11.8 Å². The van der Waals surface area contributed by atoms with Crippen LogP contribution in [0, 0.1) is 0 Å². The summed E-state index contributed by atoms with van der Waals surface area (Å²) < 4.78 is 15.9. The molecule has 9 heteroatoms. The van der Waals surface area contributed by atoms with E-state index in [9.17, 15) is 9.59 Å². The molecule has 0 aliphatic rings. The number of carbonyl (C=O) groups is 2. The fourth-order valence-electron chi connectivity index (χ4n) is 2.35. The van der Waals surface area contributed by atoms with Gasteiger partial charge in [-0.15, -0.1) is 0 Å². The van der Waals surface area contributed by atoms with Crippen molar-refractivity contribution in [1.29, 1.82) is 0 Å². The summed E-state index contributed by atoms with van der Waals surface area (Å²) in [4.78, 5) is 24.6. The molecule has 2 amide bonds. The van der Waals surface area contributed by atoms with Gasteiger partial charge < -0.3 is 14.2 Å². The van der Waals surface area contributed by atoms with Gasteiger partial charge in [-0.2, -0.15) is 0 Å². The first kappa shape index (κ1) is 22.0. The number of amides is 2. The van der Waals surface area contributed by atoms with E-state index >= 15 is 0 Å². The lowest BCUT2D eigenvalue weighted by molar-refractivity contribution is 0.0934. The molecule has 3 N–H and O–H groups in total. The van der Waals surface area contributed by atoms with Crippen molar-refractivity contribution in [3.8, 4) is 17.2 Å². The lowest BCUT2D eigenvalue weighted by atomic mass is 10.2. The quantitative estimate of drug-likeness (QED) is 0.491. The van der Waals surface area contributed by atoms with Gasteiger partial charge in [-0.25, -0.2) is 0 Å². The normalized spacial score (nSPS) is 10.1. The summed E-state index contributed by atoms with van der Waals surface area (Å²) in [5, 5.41) is 2.43. The van der Waals surface area contributed by atoms with Gasteiger partial charge in [0.1, 0.15) is 5.75 Å². The van der Waals surface area contributed by atoms with E-state index < -0.39 is 11.8 Å². The Bertz CT molecular complexity index is 901. The average molecular weight is 417 g/mol. The first-order valence-electron chi connectivity index (χ1n) is 8.74. The van der Waals surface area contributed by atoms with Gasteiger partial charge in [0.15, 0.2) is 16.6 Å². The van der Waals surface area contributed by atoms with E-state index in [2.05, 4.69) is 16.2 Å². The molecule has 154 valence electrons. The molecule has 0 aromatic heterocycles. The summed E-state index contributed by atoms with van der Waals surface area (Å²) in [5.41, 5.74) is 5.60. The van der Waals surface area contributed by atoms with E-state index in [1.165, 1.54) is 20.3 Å². The maximum atomic E-state index is 12.3. The third-order valence-electron chi connectivity index (χ3n) is 3.63. The fraction of sp³-hybridized carbons (Fsp3) is 0.250. The van der Waals surface area contributed by atoms with Crippen molar-refractivity contribution in [2.45, 2.75) is 20.0 Å². The molecule has 0 atom stereocenters. The van der Waals surface area contributed by atoms with Gasteiger partial charge in [0.05, 0.1) is 20.3 Å². The molecule has 0 saturated carbocycles. The lowest BCUT2D eigenvalue weighted by Crippen LogP contribution is -2.48. The van der Waals surface area contributed by atoms with Crippen LogP contribution < -0.4 is 30.4 Å². The Morgan fingerprint density at radius 1 is 0.897 bits per heavy atom. The van der Waals surface area contributed by atoms with Crippen LogP contribution in [0.15, 0.2) is 42.5 Å². The molecule has 2 aromatic carbocycles. The number of methoxy groups -OCH3 is 2. The summed E-state index contributed by atoms with van der Waals surface area (Å²) in [5.74, 6) is 0.600. The van der Waals surface area contributed by atoms with Crippen LogP contribution in [0.25, 0.3) is 0 Å². The number of ether oxygens (including phenoxy) is 3. The Hall–Kier alpha value is -3.33. The summed E-state index contributed by atoms with van der Waals surface area (Å²) in [6.07, 6.45) is -0.0113. The smallest absolute Gasteiger partial charge is 0.269 e. The molecule has 0 spiro atoms. The van der Waals surface area contributed by atoms with Crippen LogP contribution in [0.5, 0.6) is 17.2 Å². The highest BCUT2D eigenvalue weighted by molar-refractivity contribution is 7.80. The van der Waals surface area contributed by atoms with Crippen LogP contribution in [0.3, 0.4) is 0 Å². The third-order valence-corrected chi connectivity index (χ3v) is 3.83. The molecule has 0 saturated heterocycles. The molecular weight excluding hydrogens is 394 g/mol. The minimum Gasteiger partial charge on any atom is -0.493 e. The number of hydrogen-bond donors (Lipinski definition) is 3. The second-order valence-electron chi connectivity index (χ2n) is 6.13. The predicted octanol–water partition coefficient (Wildman–Crippen LogP) is 2.44. The van der Waals surface area contributed by atoms with Crippen molar-refractivity contribution in [3.05, 3.63) is 53.6 Å². The number of hydrogen-bond acceptors (Lipinski definition) is 6. The van der Waals surface area contributed by atoms with E-state index in [0.717, 1.165) is 0 Å². The molecule has 0 aliphatic carbocycles. The monoisotopic (exact) mass is 417 g/mol. The molecule has 0 fully saturated rings. The zero-order valence-electron chi connectivity index (χ0n) is 16.6. The van der Waals surface area contributed by atoms with Gasteiger partial charge in [0, 0.05) is 11.1 Å². The van der Waals surface area contributed by atoms with Crippen molar-refractivity contribution in [3.63, 3.8) is 0 Å². The van der Waals surface area contributed by atoms with Gasteiger partial charge in [-0.3, -0.25) is 25.8 Å². The van der Waals surface area contributed by atoms with Crippen molar-refractivity contribution in [2.75, 3.05) is 14.2 Å². The average Bonchev–Trinajstić information content (AvgIpc) is 2.71. The van der Waals surface area contributed by atoms with Crippen LogP contribution in [-0.4, -0.2) is 37.3 Å². The van der Waals surface area contributed by atoms with Gasteiger partial charge in [-0.05, 0) is 62.5 Å². The Morgan fingerprint density at radius 3 is 2.24 bits per heavy atom. The van der Waals surface area contributed by atoms with Crippen molar-refractivity contribution in [1.82, 2.24) is 16.2 Å². The zero-order valence-corrected chi connectivity index (χ0v) is 17.4. The summed E-state index contributed by atoms with van der Waals surface area (Å²) >= 11 is 5.06. The van der Waals surface area contributed by atoms with Crippen molar-refractivity contribution in [2.24, 2.45) is 0 Å². The Morgan fingerprint density at radius 2 is 1.59 bits per heavy atom. The standard InChI is InChI=1S/C20H23N3O5S/c1-12(2)28-15-7-5-6-13(10-15)18(24)21-20(29)23-22-19(25)14-8-9-16(26-3)17(11-14)27-4/h5-12H,1-4H3,(H,22,25)(H2,21,23,24,29). The maximum absolute atomic E-state index is 12.3. The SMILES string of the molecule is COc1ccc(C(=O)NNC(=S)NC(=O)c2cccc(OC(C)C)c2)cc1OC. The summed E-state index contributed by atoms with van der Waals surface area (Å²) in [6.45, 7) is 3.79. The highest BCUT2D eigenvalue weighted by Crippen LogP contribution is 2.27. The Kier molecular flexibility index (Phi) is 7.79. The van der Waals surface area contributed by atoms with Crippen LogP contribution in [0.1, 0.15) is 34.6 Å². The zero-order chi connectivity index (χ0) is 21.4. The number of benzene rings is 2. The predicted molar refractivity (Wildman–Crippen MR) is 112 cm³/mol. The maximum Gasteiger partial charge on any atom is 0.269 e. The molecule has 2 aromatic rings. The molecular formula is C20H23N3O5S. The molecule has 0 unspecified atom stereocenters. The largest absolute Gasteiger partial charge is 0.493 e. The molecule has 8 nitrogen and oxygen atoms in total. The van der Waals surface area contributed by atoms with E-state index in [1.54, 1.807) is 36.4 Å². The molecule has 0 heterocycles. The summed E-state index contributed by atoms with van der Waals surface area (Å²) in [7, 11) is 2.98. The molecule has 2 rings (SSSR count). The highest BCUT2D eigenvalue weighted by atomic mass is 32.1. The van der Waals surface area contributed by atoms with Gasteiger partial charge in [0.2, 0.25) is 0 Å².